The Balaban J connectivity index is 1.87. The van der Waals surface area contributed by atoms with Gasteiger partial charge in [0.25, 0.3) is 0 Å². The van der Waals surface area contributed by atoms with Crippen molar-refractivity contribution in [3.05, 3.63) is 0 Å². The highest BCUT2D eigenvalue weighted by Gasteiger charge is 2.28. The van der Waals surface area contributed by atoms with Crippen LogP contribution in [0.25, 0.3) is 0 Å². The fraction of sp³-hybridized carbons (Fsp3) is 0.778. The Labute approximate surface area is 97.4 Å². The fourth-order valence-electron chi connectivity index (χ4n) is 1.38. The Morgan fingerprint density at radius 2 is 2.44 bits per heavy atom. The summed E-state index contributed by atoms with van der Waals surface area (Å²) in [5.41, 5.74) is 0. The van der Waals surface area contributed by atoms with Gasteiger partial charge in [0, 0.05) is 11.7 Å². The van der Waals surface area contributed by atoms with Crippen molar-refractivity contribution < 1.29 is 9.90 Å². The van der Waals surface area contributed by atoms with Crippen LogP contribution in [0.5, 0.6) is 0 Å². The molecule has 0 bridgehead atoms. The minimum Gasteiger partial charge on any atom is -0.481 e. The van der Waals surface area contributed by atoms with Gasteiger partial charge in [-0.25, -0.2) is 4.68 Å². The molecule has 1 aliphatic carbocycles. The first-order valence-electron chi connectivity index (χ1n) is 5.33. The molecule has 6 nitrogen and oxygen atoms in total. The minimum atomic E-state index is -0.755. The molecule has 1 N–H and O–H groups in total. The van der Waals surface area contributed by atoms with Gasteiger partial charge in [-0.3, -0.25) is 4.79 Å². The van der Waals surface area contributed by atoms with Crippen LogP contribution in [0.1, 0.15) is 38.6 Å². The Bertz CT molecular complexity index is 377. The minimum absolute atomic E-state index is 0.194. The van der Waals surface area contributed by atoms with Crippen LogP contribution < -0.4 is 0 Å². The molecule has 1 aromatic rings. The molecule has 1 aromatic heterocycles. The predicted molar refractivity (Wildman–Crippen MR) is 58.3 cm³/mol. The Morgan fingerprint density at radius 3 is 3.06 bits per heavy atom. The summed E-state index contributed by atoms with van der Waals surface area (Å²) in [7, 11) is 0. The second kappa shape index (κ2) is 4.82. The number of aromatic nitrogens is 4. The lowest BCUT2D eigenvalue weighted by Crippen LogP contribution is -2.05. The van der Waals surface area contributed by atoms with Crippen molar-refractivity contribution in [2.45, 2.75) is 49.1 Å². The van der Waals surface area contributed by atoms with Gasteiger partial charge in [0.2, 0.25) is 5.16 Å². The second-order valence-corrected chi connectivity index (χ2v) is 5.40. The van der Waals surface area contributed by atoms with Gasteiger partial charge in [0.05, 0.1) is 6.04 Å². The van der Waals surface area contributed by atoms with Crippen LogP contribution in [-0.2, 0) is 4.79 Å². The molecule has 0 radical (unpaired) electrons. The van der Waals surface area contributed by atoms with E-state index in [1.165, 1.54) is 0 Å². The van der Waals surface area contributed by atoms with Crippen molar-refractivity contribution >= 4 is 17.7 Å². The van der Waals surface area contributed by atoms with Crippen molar-refractivity contribution in [1.29, 1.82) is 0 Å². The maximum atomic E-state index is 10.4. The van der Waals surface area contributed by atoms with E-state index >= 15 is 0 Å². The van der Waals surface area contributed by atoms with E-state index < -0.39 is 5.97 Å². The quantitative estimate of drug-likeness (QED) is 0.758. The van der Waals surface area contributed by atoms with Gasteiger partial charge in [-0.2, -0.15) is 0 Å². The van der Waals surface area contributed by atoms with Crippen LogP contribution >= 0.6 is 11.8 Å². The molecule has 1 aliphatic rings. The number of carbonyl (C=O) groups is 1. The smallest absolute Gasteiger partial charge is 0.303 e. The molecular formula is C9H14N4O2S. The van der Waals surface area contributed by atoms with E-state index in [1.54, 1.807) is 11.8 Å². The van der Waals surface area contributed by atoms with Gasteiger partial charge in [-0.1, -0.05) is 18.7 Å². The highest BCUT2D eigenvalue weighted by molar-refractivity contribution is 7.99. The number of rotatable bonds is 6. The highest BCUT2D eigenvalue weighted by Crippen LogP contribution is 2.37. The number of nitrogens with zero attached hydrogens (tertiary/aromatic N) is 4. The summed E-state index contributed by atoms with van der Waals surface area (Å²) < 4.78 is 1.85. The molecule has 2 rings (SSSR count). The lowest BCUT2D eigenvalue weighted by Gasteiger charge is -2.08. The van der Waals surface area contributed by atoms with Crippen molar-refractivity contribution in [2.24, 2.45) is 0 Å². The van der Waals surface area contributed by atoms with Crippen molar-refractivity contribution in [2.75, 3.05) is 0 Å². The second-order valence-electron chi connectivity index (χ2n) is 4.00. The number of hydrogen-bond acceptors (Lipinski definition) is 5. The van der Waals surface area contributed by atoms with Crippen LogP contribution in [-0.4, -0.2) is 36.5 Å². The molecule has 0 aliphatic heterocycles. The number of aliphatic carboxylic acids is 1. The first-order valence-corrected chi connectivity index (χ1v) is 6.21. The molecular weight excluding hydrogens is 228 g/mol. The lowest BCUT2D eigenvalue weighted by atomic mass is 10.2. The van der Waals surface area contributed by atoms with Crippen molar-refractivity contribution in [3.8, 4) is 0 Å². The number of thioether (sulfide) groups is 1. The summed E-state index contributed by atoms with van der Waals surface area (Å²) in [6.45, 7) is 2.00. The van der Waals surface area contributed by atoms with Crippen LogP contribution in [0.15, 0.2) is 5.16 Å². The predicted octanol–water partition coefficient (Wildman–Crippen LogP) is 1.35. The van der Waals surface area contributed by atoms with E-state index in [1.807, 2.05) is 11.6 Å². The summed E-state index contributed by atoms with van der Waals surface area (Å²) in [4.78, 5) is 10.4. The molecule has 88 valence electrons. The van der Waals surface area contributed by atoms with Crippen LogP contribution in [0.4, 0.5) is 0 Å². The molecule has 0 amide bonds. The number of carboxylic acids is 1. The summed E-state index contributed by atoms with van der Waals surface area (Å²) in [6.07, 6.45) is 3.11. The first-order chi connectivity index (χ1) is 7.66. The van der Waals surface area contributed by atoms with E-state index in [4.69, 9.17) is 5.11 Å². The van der Waals surface area contributed by atoms with E-state index in [-0.39, 0.29) is 11.7 Å². The number of hydrogen-bond donors (Lipinski definition) is 1. The topological polar surface area (TPSA) is 80.9 Å². The molecule has 0 saturated heterocycles. The highest BCUT2D eigenvalue weighted by atomic mass is 32.2. The van der Waals surface area contributed by atoms with Crippen molar-refractivity contribution in [3.63, 3.8) is 0 Å². The largest absolute Gasteiger partial charge is 0.481 e. The zero-order valence-corrected chi connectivity index (χ0v) is 9.85. The summed E-state index contributed by atoms with van der Waals surface area (Å²) in [5.74, 6) is -0.755. The standard InChI is InChI=1S/C9H14N4O2S/c1-6(2-5-8(14)15)16-9-10-11-12-13(9)7-3-4-7/h6-7H,2-5H2,1H3,(H,14,15). The van der Waals surface area contributed by atoms with E-state index in [2.05, 4.69) is 15.5 Å². The molecule has 1 unspecified atom stereocenters. The molecule has 1 saturated carbocycles. The Kier molecular flexibility index (Phi) is 3.42. The molecule has 0 spiro atoms. The Hall–Kier alpha value is -1.11. The maximum Gasteiger partial charge on any atom is 0.303 e. The third kappa shape index (κ3) is 2.94. The first kappa shape index (κ1) is 11.4. The molecule has 1 fully saturated rings. The third-order valence-corrected chi connectivity index (χ3v) is 3.54. The van der Waals surface area contributed by atoms with Gasteiger partial charge >= 0.3 is 5.97 Å². The normalized spacial score (nSPS) is 17.3. The monoisotopic (exact) mass is 242 g/mol. The summed E-state index contributed by atoms with van der Waals surface area (Å²) >= 11 is 1.55. The lowest BCUT2D eigenvalue weighted by molar-refractivity contribution is -0.137. The number of carboxylic acid groups (broad SMARTS) is 1. The van der Waals surface area contributed by atoms with Gasteiger partial charge in [-0.15, -0.1) is 5.10 Å². The van der Waals surface area contributed by atoms with E-state index in [0.717, 1.165) is 18.0 Å². The van der Waals surface area contributed by atoms with Crippen LogP contribution in [0, 0.1) is 0 Å². The summed E-state index contributed by atoms with van der Waals surface area (Å²) in [5, 5.41) is 21.2. The van der Waals surface area contributed by atoms with Gasteiger partial charge in [-0.05, 0) is 29.7 Å². The molecule has 16 heavy (non-hydrogen) atoms. The summed E-state index contributed by atoms with van der Waals surface area (Å²) in [6, 6.07) is 0.462. The van der Waals surface area contributed by atoms with Gasteiger partial charge < -0.3 is 5.11 Å². The van der Waals surface area contributed by atoms with Gasteiger partial charge in [0.1, 0.15) is 0 Å². The molecule has 0 aromatic carbocycles. The van der Waals surface area contributed by atoms with Crippen LogP contribution in [0.3, 0.4) is 0 Å². The van der Waals surface area contributed by atoms with Gasteiger partial charge in [0.15, 0.2) is 0 Å². The molecule has 1 heterocycles. The van der Waals surface area contributed by atoms with Crippen molar-refractivity contribution in [1.82, 2.24) is 20.2 Å². The average molecular weight is 242 g/mol. The maximum absolute atomic E-state index is 10.4. The SMILES string of the molecule is CC(CCC(=O)O)Sc1nnnn1C1CC1. The molecule has 7 heteroatoms. The average Bonchev–Trinajstić information content (AvgIpc) is 2.97. The van der Waals surface area contributed by atoms with E-state index in [0.29, 0.717) is 12.5 Å². The zero-order valence-electron chi connectivity index (χ0n) is 9.04. The Morgan fingerprint density at radius 1 is 1.69 bits per heavy atom. The zero-order chi connectivity index (χ0) is 11.5. The van der Waals surface area contributed by atoms with E-state index in [9.17, 15) is 4.79 Å². The molecule has 1 atom stereocenters. The van der Waals surface area contributed by atoms with Crippen LogP contribution in [0.2, 0.25) is 0 Å². The third-order valence-electron chi connectivity index (χ3n) is 2.43. The number of tetrazole rings is 1. The fourth-order valence-corrected chi connectivity index (χ4v) is 2.35.